The normalized spacial score (nSPS) is 17.9. The molecule has 1 heterocycles. The number of nitrogens with one attached hydrogen (secondary N) is 1. The minimum atomic E-state index is 0.298. The molecule has 0 radical (unpaired) electrons. The number of aryl methyl sites for hydroxylation is 2. The first-order chi connectivity index (χ1) is 9.07. The maximum absolute atomic E-state index is 4.56. The van der Waals surface area contributed by atoms with Crippen molar-refractivity contribution in [2.75, 3.05) is 25.5 Å². The highest BCUT2D eigenvalue weighted by Gasteiger charge is 2.36. The van der Waals surface area contributed by atoms with Crippen LogP contribution in [0.15, 0.2) is 6.20 Å². The van der Waals surface area contributed by atoms with Crippen LogP contribution in [-0.4, -0.2) is 40.5 Å². The first kappa shape index (κ1) is 14.3. The van der Waals surface area contributed by atoms with Gasteiger partial charge in [-0.05, 0) is 40.3 Å². The summed E-state index contributed by atoms with van der Waals surface area (Å²) in [5.74, 6) is 0.941. The van der Waals surface area contributed by atoms with Crippen molar-refractivity contribution in [3.05, 3.63) is 17.6 Å². The number of likely N-dealkylation sites (N-methyl/N-ethyl adjacent to an activating group) is 1. The Balaban J connectivity index is 2.09. The summed E-state index contributed by atoms with van der Waals surface area (Å²) in [7, 11) is 2.24. The minimum absolute atomic E-state index is 0.298. The van der Waals surface area contributed by atoms with E-state index >= 15 is 0 Å². The summed E-state index contributed by atoms with van der Waals surface area (Å²) < 4.78 is 0. The number of hydrogen-bond donors (Lipinski definition) is 1. The van der Waals surface area contributed by atoms with Gasteiger partial charge in [-0.2, -0.15) is 0 Å². The van der Waals surface area contributed by atoms with Gasteiger partial charge in [-0.15, -0.1) is 0 Å². The molecule has 1 N–H and O–H groups in total. The third-order valence-electron chi connectivity index (χ3n) is 4.48. The summed E-state index contributed by atoms with van der Waals surface area (Å²) in [6, 6.07) is 0. The molecule has 0 bridgehead atoms. The molecule has 4 heteroatoms. The third-order valence-corrected chi connectivity index (χ3v) is 4.48. The van der Waals surface area contributed by atoms with Crippen LogP contribution in [0.2, 0.25) is 0 Å². The van der Waals surface area contributed by atoms with Crippen molar-refractivity contribution in [2.45, 2.75) is 52.0 Å². The van der Waals surface area contributed by atoms with Gasteiger partial charge in [-0.3, -0.25) is 9.88 Å². The highest BCUT2D eigenvalue weighted by atomic mass is 15.2. The number of hydrogen-bond acceptors (Lipinski definition) is 4. The molecule has 0 saturated heterocycles. The first-order valence-corrected chi connectivity index (χ1v) is 7.33. The van der Waals surface area contributed by atoms with Crippen LogP contribution in [0.3, 0.4) is 0 Å². The van der Waals surface area contributed by atoms with Crippen molar-refractivity contribution < 1.29 is 0 Å². The van der Waals surface area contributed by atoms with E-state index in [1.807, 2.05) is 20.0 Å². The van der Waals surface area contributed by atoms with Crippen LogP contribution in [0.25, 0.3) is 0 Å². The zero-order valence-corrected chi connectivity index (χ0v) is 12.7. The van der Waals surface area contributed by atoms with Crippen molar-refractivity contribution in [2.24, 2.45) is 0 Å². The molecular formula is C15H26N4. The molecule has 0 aromatic carbocycles. The molecule has 19 heavy (non-hydrogen) atoms. The maximum Gasteiger partial charge on any atom is 0.147 e. The summed E-state index contributed by atoms with van der Waals surface area (Å²) in [5.41, 5.74) is 2.25. The molecular weight excluding hydrogens is 236 g/mol. The number of aromatic nitrogens is 2. The second kappa shape index (κ2) is 5.87. The van der Waals surface area contributed by atoms with E-state index in [0.29, 0.717) is 5.54 Å². The lowest BCUT2D eigenvalue weighted by molar-refractivity contribution is 0.144. The molecule has 1 aromatic rings. The monoisotopic (exact) mass is 262 g/mol. The Labute approximate surface area is 116 Å². The molecule has 0 spiro atoms. The molecule has 1 aliphatic rings. The average Bonchev–Trinajstić information content (AvgIpc) is 2.89. The van der Waals surface area contributed by atoms with E-state index in [2.05, 4.69) is 34.2 Å². The summed E-state index contributed by atoms with van der Waals surface area (Å²) in [4.78, 5) is 11.4. The van der Waals surface area contributed by atoms with E-state index in [9.17, 15) is 0 Å². The van der Waals surface area contributed by atoms with E-state index in [1.54, 1.807) is 0 Å². The summed E-state index contributed by atoms with van der Waals surface area (Å²) >= 11 is 0. The molecule has 0 atom stereocenters. The summed E-state index contributed by atoms with van der Waals surface area (Å²) in [6.07, 6.45) is 7.06. The fourth-order valence-electron chi connectivity index (χ4n) is 3.02. The van der Waals surface area contributed by atoms with Crippen molar-refractivity contribution >= 4 is 5.82 Å². The molecule has 0 unspecified atom stereocenters. The molecule has 106 valence electrons. The van der Waals surface area contributed by atoms with Gasteiger partial charge in [0.2, 0.25) is 0 Å². The Morgan fingerprint density at radius 1 is 1.32 bits per heavy atom. The SMILES string of the molecule is CCN(C)C1(CNc2nc(C)cnc2C)CCCC1. The van der Waals surface area contributed by atoms with E-state index in [4.69, 9.17) is 0 Å². The molecule has 4 nitrogen and oxygen atoms in total. The van der Waals surface area contributed by atoms with Crippen molar-refractivity contribution in [1.82, 2.24) is 14.9 Å². The Hall–Kier alpha value is -1.16. The lowest BCUT2D eigenvalue weighted by Gasteiger charge is -2.38. The van der Waals surface area contributed by atoms with Gasteiger partial charge in [0.1, 0.15) is 5.82 Å². The Morgan fingerprint density at radius 2 is 2.00 bits per heavy atom. The largest absolute Gasteiger partial charge is 0.367 e. The summed E-state index contributed by atoms with van der Waals surface area (Å²) in [5, 5.41) is 3.54. The molecule has 1 aromatic heterocycles. The lowest BCUT2D eigenvalue weighted by Crippen LogP contribution is -2.49. The van der Waals surface area contributed by atoms with E-state index in [1.165, 1.54) is 25.7 Å². The fraction of sp³-hybridized carbons (Fsp3) is 0.733. The molecule has 1 saturated carbocycles. The third kappa shape index (κ3) is 3.06. The van der Waals surface area contributed by atoms with Crippen LogP contribution in [0.4, 0.5) is 5.82 Å². The summed E-state index contributed by atoms with van der Waals surface area (Å²) in [6.45, 7) is 8.30. The second-order valence-electron chi connectivity index (χ2n) is 5.74. The fourth-order valence-corrected chi connectivity index (χ4v) is 3.02. The molecule has 0 aliphatic heterocycles. The van der Waals surface area contributed by atoms with Gasteiger partial charge < -0.3 is 5.32 Å². The second-order valence-corrected chi connectivity index (χ2v) is 5.74. The van der Waals surface area contributed by atoms with E-state index < -0.39 is 0 Å². The zero-order valence-electron chi connectivity index (χ0n) is 12.7. The van der Waals surface area contributed by atoms with Crippen LogP contribution < -0.4 is 5.32 Å². The van der Waals surface area contributed by atoms with Gasteiger partial charge in [0, 0.05) is 18.3 Å². The molecule has 2 rings (SSSR count). The standard InChI is InChI=1S/C15H26N4/c1-5-19(4)15(8-6-7-9-15)11-17-14-13(3)16-10-12(2)18-14/h10H,5-9,11H2,1-4H3,(H,17,18). The van der Waals surface area contributed by atoms with E-state index in [-0.39, 0.29) is 0 Å². The van der Waals surface area contributed by atoms with Gasteiger partial charge in [-0.1, -0.05) is 19.8 Å². The Bertz CT molecular complexity index is 424. The van der Waals surface area contributed by atoms with Crippen LogP contribution in [-0.2, 0) is 0 Å². The number of nitrogens with zero attached hydrogens (tertiary/aromatic N) is 3. The number of rotatable bonds is 5. The van der Waals surface area contributed by atoms with Crippen LogP contribution in [0.5, 0.6) is 0 Å². The quantitative estimate of drug-likeness (QED) is 0.886. The lowest BCUT2D eigenvalue weighted by atomic mass is 9.95. The van der Waals surface area contributed by atoms with Crippen molar-refractivity contribution in [1.29, 1.82) is 0 Å². The van der Waals surface area contributed by atoms with Crippen LogP contribution >= 0.6 is 0 Å². The van der Waals surface area contributed by atoms with Crippen molar-refractivity contribution in [3.63, 3.8) is 0 Å². The van der Waals surface area contributed by atoms with Gasteiger partial charge in [0.15, 0.2) is 0 Å². The number of anilines is 1. The molecule has 0 amide bonds. The topological polar surface area (TPSA) is 41.0 Å². The molecule has 1 fully saturated rings. The molecule has 1 aliphatic carbocycles. The van der Waals surface area contributed by atoms with Gasteiger partial charge in [-0.25, -0.2) is 4.98 Å². The predicted molar refractivity (Wildman–Crippen MR) is 79.5 cm³/mol. The first-order valence-electron chi connectivity index (χ1n) is 7.33. The Kier molecular flexibility index (Phi) is 4.40. The minimum Gasteiger partial charge on any atom is -0.367 e. The highest BCUT2D eigenvalue weighted by Crippen LogP contribution is 2.34. The van der Waals surface area contributed by atoms with Crippen molar-refractivity contribution in [3.8, 4) is 0 Å². The maximum atomic E-state index is 4.56. The van der Waals surface area contributed by atoms with Gasteiger partial charge in [0.25, 0.3) is 0 Å². The zero-order chi connectivity index (χ0) is 13.9. The predicted octanol–water partition coefficient (Wildman–Crippen LogP) is 2.77. The Morgan fingerprint density at radius 3 is 2.63 bits per heavy atom. The average molecular weight is 262 g/mol. The van der Waals surface area contributed by atoms with E-state index in [0.717, 1.165) is 30.3 Å². The van der Waals surface area contributed by atoms with Gasteiger partial charge >= 0.3 is 0 Å². The highest BCUT2D eigenvalue weighted by molar-refractivity contribution is 5.40. The smallest absolute Gasteiger partial charge is 0.147 e. The van der Waals surface area contributed by atoms with Gasteiger partial charge in [0.05, 0.1) is 11.4 Å². The van der Waals surface area contributed by atoms with Crippen LogP contribution in [0, 0.1) is 13.8 Å². The van der Waals surface area contributed by atoms with Crippen LogP contribution in [0.1, 0.15) is 44.0 Å².